The van der Waals surface area contributed by atoms with Crippen molar-refractivity contribution in [3.05, 3.63) is 53.8 Å². The predicted octanol–water partition coefficient (Wildman–Crippen LogP) is 4.09. The molecule has 1 unspecified atom stereocenters. The standard InChI is InChI=1S/C15H14FNOS/c1-18-14-7-6-10(8-12(14)16)17-13-9-19-15-5-3-2-4-11(13)15/h2-8,13,17H,9H2,1H3. The molecule has 3 rings (SSSR count). The summed E-state index contributed by atoms with van der Waals surface area (Å²) in [6.07, 6.45) is 0. The van der Waals surface area contributed by atoms with Crippen LogP contribution in [0.1, 0.15) is 11.6 Å². The summed E-state index contributed by atoms with van der Waals surface area (Å²) in [5.74, 6) is 0.894. The largest absolute Gasteiger partial charge is 0.494 e. The molecule has 0 aliphatic carbocycles. The quantitative estimate of drug-likeness (QED) is 0.911. The van der Waals surface area contributed by atoms with E-state index in [2.05, 4.69) is 17.4 Å². The normalized spacial score (nSPS) is 17.1. The Morgan fingerprint density at radius 3 is 2.89 bits per heavy atom. The van der Waals surface area contributed by atoms with Gasteiger partial charge in [-0.15, -0.1) is 11.8 Å². The molecule has 0 saturated carbocycles. The van der Waals surface area contributed by atoms with Crippen LogP contribution in [0.3, 0.4) is 0 Å². The number of anilines is 1. The molecule has 0 radical (unpaired) electrons. The van der Waals surface area contributed by atoms with Gasteiger partial charge >= 0.3 is 0 Å². The Hall–Kier alpha value is -1.68. The lowest BCUT2D eigenvalue weighted by Crippen LogP contribution is -2.09. The molecule has 0 saturated heterocycles. The summed E-state index contributed by atoms with van der Waals surface area (Å²) in [6, 6.07) is 13.5. The lowest BCUT2D eigenvalue weighted by atomic mass is 10.1. The Kier molecular flexibility index (Phi) is 3.34. The summed E-state index contributed by atoms with van der Waals surface area (Å²) >= 11 is 1.83. The summed E-state index contributed by atoms with van der Waals surface area (Å²) in [5, 5.41) is 3.37. The molecule has 0 amide bonds. The molecule has 19 heavy (non-hydrogen) atoms. The first-order valence-corrected chi connectivity index (χ1v) is 7.08. The molecule has 1 N–H and O–H groups in total. The SMILES string of the molecule is COc1ccc(NC2CSc3ccccc32)cc1F. The van der Waals surface area contributed by atoms with E-state index in [1.807, 2.05) is 30.0 Å². The van der Waals surface area contributed by atoms with Crippen molar-refractivity contribution in [2.45, 2.75) is 10.9 Å². The summed E-state index contributed by atoms with van der Waals surface area (Å²) in [4.78, 5) is 1.30. The van der Waals surface area contributed by atoms with Crippen molar-refractivity contribution in [3.63, 3.8) is 0 Å². The van der Waals surface area contributed by atoms with E-state index in [9.17, 15) is 4.39 Å². The van der Waals surface area contributed by atoms with Crippen molar-refractivity contribution >= 4 is 17.4 Å². The van der Waals surface area contributed by atoms with Crippen LogP contribution in [0, 0.1) is 5.82 Å². The third kappa shape index (κ3) is 2.40. The molecule has 0 fully saturated rings. The van der Waals surface area contributed by atoms with Gasteiger partial charge in [-0.25, -0.2) is 4.39 Å². The Balaban J connectivity index is 1.81. The van der Waals surface area contributed by atoms with Crippen molar-refractivity contribution in [1.82, 2.24) is 0 Å². The molecule has 2 aromatic rings. The fraction of sp³-hybridized carbons (Fsp3) is 0.200. The van der Waals surface area contributed by atoms with Crippen molar-refractivity contribution < 1.29 is 9.13 Å². The molecular weight excluding hydrogens is 261 g/mol. The Labute approximate surface area is 116 Å². The molecule has 4 heteroatoms. The summed E-state index contributed by atoms with van der Waals surface area (Å²) in [6.45, 7) is 0. The molecule has 0 bridgehead atoms. The maximum absolute atomic E-state index is 13.7. The first-order valence-electron chi connectivity index (χ1n) is 6.10. The number of halogens is 1. The van der Waals surface area contributed by atoms with E-state index in [0.717, 1.165) is 11.4 Å². The second kappa shape index (κ2) is 5.13. The number of methoxy groups -OCH3 is 1. The highest BCUT2D eigenvalue weighted by Crippen LogP contribution is 2.39. The number of nitrogens with one attached hydrogen (secondary N) is 1. The fourth-order valence-electron chi connectivity index (χ4n) is 2.24. The smallest absolute Gasteiger partial charge is 0.167 e. The third-order valence-corrected chi connectivity index (χ3v) is 4.38. The van der Waals surface area contributed by atoms with Crippen molar-refractivity contribution in [1.29, 1.82) is 0 Å². The second-order valence-corrected chi connectivity index (χ2v) is 5.46. The number of thioether (sulfide) groups is 1. The third-order valence-electron chi connectivity index (χ3n) is 3.19. The van der Waals surface area contributed by atoms with Crippen LogP contribution in [0.5, 0.6) is 5.75 Å². The van der Waals surface area contributed by atoms with Crippen molar-refractivity contribution in [3.8, 4) is 5.75 Å². The van der Waals surface area contributed by atoms with Crippen LogP contribution in [0.2, 0.25) is 0 Å². The second-order valence-electron chi connectivity index (χ2n) is 4.40. The van der Waals surface area contributed by atoms with E-state index in [1.165, 1.54) is 23.6 Å². The highest BCUT2D eigenvalue weighted by atomic mass is 32.2. The monoisotopic (exact) mass is 275 g/mol. The van der Waals surface area contributed by atoms with Gasteiger partial charge in [0.15, 0.2) is 11.6 Å². The van der Waals surface area contributed by atoms with Crippen LogP contribution in [0.4, 0.5) is 10.1 Å². The van der Waals surface area contributed by atoms with Gasteiger partial charge in [0.2, 0.25) is 0 Å². The minimum Gasteiger partial charge on any atom is -0.494 e. The minimum absolute atomic E-state index is 0.231. The molecular formula is C15H14FNOS. The molecule has 1 heterocycles. The first kappa shape index (κ1) is 12.4. The Morgan fingerprint density at radius 1 is 1.26 bits per heavy atom. The highest BCUT2D eigenvalue weighted by molar-refractivity contribution is 7.99. The zero-order chi connectivity index (χ0) is 13.2. The Morgan fingerprint density at radius 2 is 2.11 bits per heavy atom. The number of fused-ring (bicyclic) bond motifs is 1. The molecule has 0 spiro atoms. The number of benzene rings is 2. The lowest BCUT2D eigenvalue weighted by molar-refractivity contribution is 0.386. The van der Waals surface area contributed by atoms with Gasteiger partial charge in [0.25, 0.3) is 0 Å². The number of hydrogen-bond acceptors (Lipinski definition) is 3. The van der Waals surface area contributed by atoms with E-state index in [-0.39, 0.29) is 17.6 Å². The molecule has 2 nitrogen and oxygen atoms in total. The summed E-state index contributed by atoms with van der Waals surface area (Å²) < 4.78 is 18.6. The van der Waals surface area contributed by atoms with Gasteiger partial charge in [-0.05, 0) is 23.8 Å². The zero-order valence-electron chi connectivity index (χ0n) is 10.5. The maximum Gasteiger partial charge on any atom is 0.167 e. The van der Waals surface area contributed by atoms with Crippen LogP contribution in [-0.4, -0.2) is 12.9 Å². The van der Waals surface area contributed by atoms with E-state index < -0.39 is 0 Å². The van der Waals surface area contributed by atoms with Crippen LogP contribution in [0.15, 0.2) is 47.4 Å². The highest BCUT2D eigenvalue weighted by Gasteiger charge is 2.22. The fourth-order valence-corrected chi connectivity index (χ4v) is 3.40. The predicted molar refractivity (Wildman–Crippen MR) is 76.5 cm³/mol. The van der Waals surface area contributed by atoms with Crippen LogP contribution in [0.25, 0.3) is 0 Å². The van der Waals surface area contributed by atoms with Crippen LogP contribution >= 0.6 is 11.8 Å². The van der Waals surface area contributed by atoms with E-state index in [1.54, 1.807) is 6.07 Å². The average molecular weight is 275 g/mol. The van der Waals surface area contributed by atoms with Gasteiger partial charge in [0.05, 0.1) is 13.2 Å². The minimum atomic E-state index is -0.341. The van der Waals surface area contributed by atoms with Gasteiger partial charge in [-0.1, -0.05) is 18.2 Å². The van der Waals surface area contributed by atoms with Crippen molar-refractivity contribution in [2.24, 2.45) is 0 Å². The van der Waals surface area contributed by atoms with E-state index >= 15 is 0 Å². The first-order chi connectivity index (χ1) is 9.28. The summed E-state index contributed by atoms with van der Waals surface area (Å²) in [7, 11) is 1.47. The molecule has 1 aliphatic rings. The van der Waals surface area contributed by atoms with Gasteiger partial charge in [-0.3, -0.25) is 0 Å². The molecule has 1 atom stereocenters. The molecule has 98 valence electrons. The van der Waals surface area contributed by atoms with Gasteiger partial charge < -0.3 is 10.1 Å². The Bertz CT molecular complexity index is 602. The van der Waals surface area contributed by atoms with Crippen LogP contribution < -0.4 is 10.1 Å². The van der Waals surface area contributed by atoms with E-state index in [4.69, 9.17) is 4.74 Å². The topological polar surface area (TPSA) is 21.3 Å². The van der Waals surface area contributed by atoms with Crippen molar-refractivity contribution in [2.75, 3.05) is 18.2 Å². The zero-order valence-corrected chi connectivity index (χ0v) is 11.3. The van der Waals surface area contributed by atoms with Gasteiger partial charge in [0, 0.05) is 22.4 Å². The molecule has 1 aliphatic heterocycles. The van der Waals surface area contributed by atoms with Gasteiger partial charge in [0.1, 0.15) is 0 Å². The van der Waals surface area contributed by atoms with E-state index in [0.29, 0.717) is 0 Å². The van der Waals surface area contributed by atoms with Gasteiger partial charge in [-0.2, -0.15) is 0 Å². The lowest BCUT2D eigenvalue weighted by Gasteiger charge is -2.15. The molecule has 2 aromatic carbocycles. The number of rotatable bonds is 3. The maximum atomic E-state index is 13.7. The molecule has 0 aromatic heterocycles. The van der Waals surface area contributed by atoms with Crippen LogP contribution in [-0.2, 0) is 0 Å². The average Bonchev–Trinajstić information content (AvgIpc) is 2.83. The summed E-state index contributed by atoms with van der Waals surface area (Å²) in [5.41, 5.74) is 2.06. The number of hydrogen-bond donors (Lipinski definition) is 1. The number of ether oxygens (including phenoxy) is 1.